The van der Waals surface area contributed by atoms with Gasteiger partial charge < -0.3 is 9.80 Å². The second-order valence-electron chi connectivity index (χ2n) is 5.70. The van der Waals surface area contributed by atoms with Gasteiger partial charge in [0.2, 0.25) is 0 Å². The number of halogens is 1. The van der Waals surface area contributed by atoms with E-state index in [2.05, 4.69) is 60.0 Å². The molecule has 0 atom stereocenters. The lowest BCUT2D eigenvalue weighted by molar-refractivity contribution is 0.866. The summed E-state index contributed by atoms with van der Waals surface area (Å²) in [5.41, 5.74) is 4.96. The molecule has 0 bridgehead atoms. The van der Waals surface area contributed by atoms with Crippen molar-refractivity contribution in [2.24, 2.45) is 0 Å². The van der Waals surface area contributed by atoms with Crippen LogP contribution in [0.3, 0.4) is 0 Å². The fraction of sp³-hybridized carbons (Fsp3) is 0.368. The summed E-state index contributed by atoms with van der Waals surface area (Å²) in [7, 11) is 4.04. The Hall–Kier alpha value is -1.67. The van der Waals surface area contributed by atoms with Gasteiger partial charge in [0.15, 0.2) is 0 Å². The van der Waals surface area contributed by atoms with Crippen molar-refractivity contribution in [3.8, 4) is 0 Å². The largest absolute Gasteiger partial charge is 0.376 e. The zero-order valence-electron chi connectivity index (χ0n) is 13.9. The lowest BCUT2D eigenvalue weighted by Crippen LogP contribution is -2.21. The zero-order chi connectivity index (χ0) is 16.1. The minimum absolute atomic E-state index is 0.797. The summed E-state index contributed by atoms with van der Waals surface area (Å²) in [5.74, 6) is 0. The van der Waals surface area contributed by atoms with Crippen molar-refractivity contribution in [1.29, 1.82) is 0 Å². The van der Waals surface area contributed by atoms with E-state index in [1.54, 1.807) is 0 Å². The van der Waals surface area contributed by atoms with Crippen LogP contribution >= 0.6 is 11.6 Å². The summed E-state index contributed by atoms with van der Waals surface area (Å²) < 4.78 is 0. The molecular formula is C19H25ClN2. The monoisotopic (exact) mass is 316 g/mol. The van der Waals surface area contributed by atoms with Crippen LogP contribution in [-0.4, -0.2) is 27.2 Å². The number of hydrogen-bond donors (Lipinski definition) is 0. The molecule has 22 heavy (non-hydrogen) atoms. The molecule has 0 saturated carbocycles. The molecule has 3 heteroatoms. The van der Waals surface area contributed by atoms with E-state index in [1.165, 1.54) is 16.8 Å². The standard InChI is InChI=1S/C19H25ClN2/c1-5-22(6-2)17-10-7-15(8-11-17)13-16-9-12-18(20)19(14-16)21(3)4/h7-12,14H,5-6,13H2,1-4H3. The first-order valence-electron chi connectivity index (χ1n) is 7.84. The predicted octanol–water partition coefficient (Wildman–Crippen LogP) is 4.84. The Morgan fingerprint density at radius 2 is 1.45 bits per heavy atom. The summed E-state index contributed by atoms with van der Waals surface area (Å²) in [5, 5.41) is 0.797. The fourth-order valence-corrected chi connectivity index (χ4v) is 2.95. The maximum atomic E-state index is 6.23. The third kappa shape index (κ3) is 3.95. The highest BCUT2D eigenvalue weighted by Gasteiger charge is 2.06. The van der Waals surface area contributed by atoms with E-state index in [-0.39, 0.29) is 0 Å². The van der Waals surface area contributed by atoms with E-state index in [1.807, 2.05) is 20.2 Å². The molecule has 0 unspecified atom stereocenters. The van der Waals surface area contributed by atoms with Crippen LogP contribution in [0.15, 0.2) is 42.5 Å². The molecule has 0 aliphatic carbocycles. The average Bonchev–Trinajstić information content (AvgIpc) is 2.52. The molecule has 0 aliphatic heterocycles. The summed E-state index contributed by atoms with van der Waals surface area (Å²) >= 11 is 6.23. The van der Waals surface area contributed by atoms with Crippen molar-refractivity contribution >= 4 is 23.0 Å². The SMILES string of the molecule is CCN(CC)c1ccc(Cc2ccc(Cl)c(N(C)C)c2)cc1. The van der Waals surface area contributed by atoms with Gasteiger partial charge in [-0.15, -0.1) is 0 Å². The number of hydrogen-bond acceptors (Lipinski definition) is 2. The average molecular weight is 317 g/mol. The molecular weight excluding hydrogens is 292 g/mol. The molecule has 0 fully saturated rings. The van der Waals surface area contributed by atoms with Gasteiger partial charge in [-0.25, -0.2) is 0 Å². The molecule has 0 radical (unpaired) electrons. The maximum Gasteiger partial charge on any atom is 0.0639 e. The smallest absolute Gasteiger partial charge is 0.0639 e. The molecule has 2 rings (SSSR count). The van der Waals surface area contributed by atoms with Crippen LogP contribution in [0.4, 0.5) is 11.4 Å². The van der Waals surface area contributed by atoms with Gasteiger partial charge in [-0.05, 0) is 55.7 Å². The zero-order valence-corrected chi connectivity index (χ0v) is 14.7. The molecule has 0 heterocycles. The predicted molar refractivity (Wildman–Crippen MR) is 98.6 cm³/mol. The fourth-order valence-electron chi connectivity index (χ4n) is 2.66. The highest BCUT2D eigenvalue weighted by Crippen LogP contribution is 2.26. The van der Waals surface area contributed by atoms with E-state index < -0.39 is 0 Å². The van der Waals surface area contributed by atoms with Crippen molar-refractivity contribution < 1.29 is 0 Å². The molecule has 0 amide bonds. The van der Waals surface area contributed by atoms with Crippen LogP contribution in [0.2, 0.25) is 5.02 Å². The van der Waals surface area contributed by atoms with Gasteiger partial charge in [0, 0.05) is 32.9 Å². The van der Waals surface area contributed by atoms with Crippen molar-refractivity contribution in [3.05, 3.63) is 58.6 Å². The van der Waals surface area contributed by atoms with Crippen LogP contribution in [0.25, 0.3) is 0 Å². The minimum Gasteiger partial charge on any atom is -0.376 e. The first-order chi connectivity index (χ1) is 10.5. The first-order valence-corrected chi connectivity index (χ1v) is 8.22. The maximum absolute atomic E-state index is 6.23. The third-order valence-corrected chi connectivity index (χ3v) is 4.29. The Labute approximate surface area is 139 Å². The summed E-state index contributed by atoms with van der Waals surface area (Å²) in [4.78, 5) is 4.41. The second kappa shape index (κ2) is 7.55. The number of nitrogens with zero attached hydrogens (tertiary/aromatic N) is 2. The minimum atomic E-state index is 0.797. The molecule has 0 aliphatic rings. The highest BCUT2D eigenvalue weighted by molar-refractivity contribution is 6.33. The lowest BCUT2D eigenvalue weighted by Gasteiger charge is -2.21. The second-order valence-corrected chi connectivity index (χ2v) is 6.10. The number of benzene rings is 2. The Morgan fingerprint density at radius 1 is 0.864 bits per heavy atom. The van der Waals surface area contributed by atoms with Gasteiger partial charge in [-0.1, -0.05) is 29.8 Å². The van der Waals surface area contributed by atoms with Crippen molar-refractivity contribution in [1.82, 2.24) is 0 Å². The Bertz CT molecular complexity index is 601. The lowest BCUT2D eigenvalue weighted by atomic mass is 10.0. The van der Waals surface area contributed by atoms with Gasteiger partial charge in [-0.3, -0.25) is 0 Å². The van der Waals surface area contributed by atoms with E-state index in [9.17, 15) is 0 Å². The van der Waals surface area contributed by atoms with Gasteiger partial charge in [0.1, 0.15) is 0 Å². The molecule has 2 aromatic carbocycles. The van der Waals surface area contributed by atoms with E-state index in [0.717, 1.165) is 30.2 Å². The van der Waals surface area contributed by atoms with E-state index in [0.29, 0.717) is 0 Å². The van der Waals surface area contributed by atoms with E-state index >= 15 is 0 Å². The van der Waals surface area contributed by atoms with Gasteiger partial charge in [0.05, 0.1) is 10.7 Å². The van der Waals surface area contributed by atoms with Crippen molar-refractivity contribution in [2.45, 2.75) is 20.3 Å². The topological polar surface area (TPSA) is 6.48 Å². The van der Waals surface area contributed by atoms with Crippen LogP contribution < -0.4 is 9.80 Å². The molecule has 0 spiro atoms. The number of anilines is 2. The van der Waals surface area contributed by atoms with Crippen LogP contribution in [-0.2, 0) is 6.42 Å². The van der Waals surface area contributed by atoms with Crippen LogP contribution in [0.1, 0.15) is 25.0 Å². The van der Waals surface area contributed by atoms with Crippen molar-refractivity contribution in [3.63, 3.8) is 0 Å². The normalized spacial score (nSPS) is 10.6. The molecule has 0 aromatic heterocycles. The molecule has 0 saturated heterocycles. The first kappa shape index (κ1) is 16.7. The van der Waals surface area contributed by atoms with Gasteiger partial charge in [0.25, 0.3) is 0 Å². The Morgan fingerprint density at radius 3 is 2.00 bits per heavy atom. The third-order valence-electron chi connectivity index (χ3n) is 3.97. The quantitative estimate of drug-likeness (QED) is 0.752. The highest BCUT2D eigenvalue weighted by atomic mass is 35.5. The molecule has 2 nitrogen and oxygen atoms in total. The van der Waals surface area contributed by atoms with Gasteiger partial charge in [-0.2, -0.15) is 0 Å². The number of rotatable bonds is 6. The summed E-state index contributed by atoms with van der Waals surface area (Å²) in [6.07, 6.45) is 0.927. The van der Waals surface area contributed by atoms with Crippen molar-refractivity contribution in [2.75, 3.05) is 37.0 Å². The Kier molecular flexibility index (Phi) is 5.73. The van der Waals surface area contributed by atoms with Crippen LogP contribution in [0, 0.1) is 0 Å². The van der Waals surface area contributed by atoms with E-state index in [4.69, 9.17) is 11.6 Å². The van der Waals surface area contributed by atoms with Gasteiger partial charge >= 0.3 is 0 Å². The van der Waals surface area contributed by atoms with Crippen LogP contribution in [0.5, 0.6) is 0 Å². The molecule has 0 N–H and O–H groups in total. The Balaban J connectivity index is 2.16. The molecule has 118 valence electrons. The summed E-state index contributed by atoms with van der Waals surface area (Å²) in [6.45, 7) is 6.46. The summed E-state index contributed by atoms with van der Waals surface area (Å²) in [6, 6.07) is 15.1. The molecule has 2 aromatic rings.